The van der Waals surface area contributed by atoms with Crippen molar-refractivity contribution in [1.29, 1.82) is 0 Å². The number of hydrogen-bond acceptors (Lipinski definition) is 4. The van der Waals surface area contributed by atoms with E-state index in [1.165, 1.54) is 19.3 Å². The zero-order chi connectivity index (χ0) is 18.6. The minimum absolute atomic E-state index is 0.0708. The van der Waals surface area contributed by atoms with Gasteiger partial charge in [0.25, 0.3) is 5.91 Å². The Labute approximate surface area is 153 Å². The van der Waals surface area contributed by atoms with Crippen LogP contribution in [0.25, 0.3) is 0 Å². The highest BCUT2D eigenvalue weighted by Crippen LogP contribution is 2.53. The predicted molar refractivity (Wildman–Crippen MR) is 96.4 cm³/mol. The van der Waals surface area contributed by atoms with Crippen molar-refractivity contribution in [2.24, 2.45) is 5.41 Å². The molecule has 3 rings (SSSR count). The smallest absolute Gasteiger partial charge is 0.341 e. The van der Waals surface area contributed by atoms with Gasteiger partial charge >= 0.3 is 5.97 Å². The Bertz CT molecular complexity index is 653. The maximum atomic E-state index is 12.7. The van der Waals surface area contributed by atoms with Gasteiger partial charge in [-0.05, 0) is 44.4 Å². The molecule has 0 bridgehead atoms. The van der Waals surface area contributed by atoms with Gasteiger partial charge in [-0.1, -0.05) is 25.3 Å². The largest absolute Gasteiger partial charge is 0.482 e. The number of nitrogens with one attached hydrogen (secondary N) is 1. The number of rotatable bonds is 7. The van der Waals surface area contributed by atoms with E-state index in [4.69, 9.17) is 14.6 Å². The van der Waals surface area contributed by atoms with Crippen molar-refractivity contribution in [2.75, 3.05) is 13.2 Å². The monoisotopic (exact) mass is 361 g/mol. The molecule has 0 aromatic heterocycles. The molecule has 26 heavy (non-hydrogen) atoms. The average Bonchev–Trinajstić information content (AvgIpc) is 2.66. The van der Waals surface area contributed by atoms with Crippen LogP contribution < -0.4 is 10.1 Å². The summed E-state index contributed by atoms with van der Waals surface area (Å²) in [5.41, 5.74) is 0.556. The van der Waals surface area contributed by atoms with Gasteiger partial charge in [0.05, 0.1) is 6.10 Å². The summed E-state index contributed by atoms with van der Waals surface area (Å²) >= 11 is 0. The van der Waals surface area contributed by atoms with Crippen LogP contribution in [0.2, 0.25) is 0 Å². The van der Waals surface area contributed by atoms with Gasteiger partial charge < -0.3 is 19.9 Å². The van der Waals surface area contributed by atoms with E-state index < -0.39 is 12.6 Å². The summed E-state index contributed by atoms with van der Waals surface area (Å²) in [4.78, 5) is 23.3. The number of ether oxygens (including phenoxy) is 2. The second-order valence-corrected chi connectivity index (χ2v) is 7.21. The molecule has 2 atom stereocenters. The molecule has 6 nitrogen and oxygen atoms in total. The Morgan fingerprint density at radius 3 is 2.73 bits per heavy atom. The molecule has 1 aromatic carbocycles. The Morgan fingerprint density at radius 1 is 1.27 bits per heavy atom. The van der Waals surface area contributed by atoms with E-state index in [0.29, 0.717) is 17.9 Å². The van der Waals surface area contributed by atoms with Crippen LogP contribution in [0.3, 0.4) is 0 Å². The van der Waals surface area contributed by atoms with Crippen molar-refractivity contribution < 1.29 is 24.2 Å². The summed E-state index contributed by atoms with van der Waals surface area (Å²) in [6.07, 6.45) is 6.93. The summed E-state index contributed by atoms with van der Waals surface area (Å²) in [5, 5.41) is 11.9. The molecule has 0 aliphatic heterocycles. The van der Waals surface area contributed by atoms with Crippen molar-refractivity contribution >= 4 is 11.9 Å². The van der Waals surface area contributed by atoms with E-state index in [2.05, 4.69) is 5.32 Å². The van der Waals surface area contributed by atoms with Gasteiger partial charge in [0.15, 0.2) is 6.61 Å². The number of benzene rings is 1. The highest BCUT2D eigenvalue weighted by molar-refractivity contribution is 5.95. The number of carbonyl (C=O) groups excluding carboxylic acids is 1. The van der Waals surface area contributed by atoms with Gasteiger partial charge in [0.1, 0.15) is 5.75 Å². The molecular weight excluding hydrogens is 334 g/mol. The second kappa shape index (κ2) is 8.08. The van der Waals surface area contributed by atoms with Crippen LogP contribution in [0.5, 0.6) is 5.75 Å². The topological polar surface area (TPSA) is 84.9 Å². The van der Waals surface area contributed by atoms with Crippen LogP contribution in [0.1, 0.15) is 55.8 Å². The molecule has 2 unspecified atom stereocenters. The van der Waals surface area contributed by atoms with Crippen molar-refractivity contribution in [3.05, 3.63) is 29.8 Å². The van der Waals surface area contributed by atoms with E-state index in [9.17, 15) is 9.59 Å². The van der Waals surface area contributed by atoms with Gasteiger partial charge in [0.2, 0.25) is 0 Å². The standard InChI is InChI=1S/C20H27NO5/c1-2-25-17-12-16(20(17)9-4-3-5-10-20)21-19(24)14-7-6-8-15(11-14)26-13-18(22)23/h6-8,11,16-17H,2-5,9-10,12-13H2,1H3,(H,21,24)(H,22,23). The van der Waals surface area contributed by atoms with E-state index in [0.717, 1.165) is 19.3 Å². The van der Waals surface area contributed by atoms with E-state index in [-0.39, 0.29) is 23.5 Å². The molecule has 6 heteroatoms. The van der Waals surface area contributed by atoms with Crippen molar-refractivity contribution in [3.63, 3.8) is 0 Å². The number of aliphatic carboxylic acids is 1. The van der Waals surface area contributed by atoms with Crippen LogP contribution >= 0.6 is 0 Å². The lowest BCUT2D eigenvalue weighted by atomic mass is 9.55. The first-order valence-corrected chi connectivity index (χ1v) is 9.42. The van der Waals surface area contributed by atoms with Gasteiger partial charge in [-0.2, -0.15) is 0 Å². The summed E-state index contributed by atoms with van der Waals surface area (Å²) in [6.45, 7) is 2.30. The molecule has 142 valence electrons. The Kier molecular flexibility index (Phi) is 5.81. The van der Waals surface area contributed by atoms with Crippen LogP contribution in [0, 0.1) is 5.41 Å². The van der Waals surface area contributed by atoms with Gasteiger partial charge in [-0.25, -0.2) is 4.79 Å². The number of carboxylic acids is 1. The lowest BCUT2D eigenvalue weighted by Gasteiger charge is -2.57. The fraction of sp³-hybridized carbons (Fsp3) is 0.600. The number of carbonyl (C=O) groups is 2. The summed E-state index contributed by atoms with van der Waals surface area (Å²) in [6, 6.07) is 6.79. The van der Waals surface area contributed by atoms with Crippen LogP contribution in [0.15, 0.2) is 24.3 Å². The molecule has 1 spiro atoms. The van der Waals surface area contributed by atoms with Crippen molar-refractivity contribution in [2.45, 2.75) is 57.6 Å². The fourth-order valence-corrected chi connectivity index (χ4v) is 4.38. The molecular formula is C20H27NO5. The van der Waals surface area contributed by atoms with Gasteiger partial charge in [-0.3, -0.25) is 4.79 Å². The molecule has 2 N–H and O–H groups in total. The third kappa shape index (κ3) is 3.85. The maximum Gasteiger partial charge on any atom is 0.341 e. The SMILES string of the molecule is CCOC1CC(NC(=O)c2cccc(OCC(=O)O)c2)C12CCCCC2. The van der Waals surface area contributed by atoms with Crippen molar-refractivity contribution in [1.82, 2.24) is 5.32 Å². The molecule has 2 aliphatic rings. The predicted octanol–water partition coefficient (Wildman–Crippen LogP) is 3.01. The molecule has 1 amide bonds. The van der Waals surface area contributed by atoms with Crippen molar-refractivity contribution in [3.8, 4) is 5.75 Å². The average molecular weight is 361 g/mol. The third-order valence-corrected chi connectivity index (χ3v) is 5.70. The van der Waals surface area contributed by atoms with E-state index in [1.54, 1.807) is 24.3 Å². The Morgan fingerprint density at radius 2 is 2.04 bits per heavy atom. The van der Waals surface area contributed by atoms with E-state index in [1.807, 2.05) is 6.92 Å². The van der Waals surface area contributed by atoms with Gasteiger partial charge in [-0.15, -0.1) is 0 Å². The minimum Gasteiger partial charge on any atom is -0.482 e. The zero-order valence-corrected chi connectivity index (χ0v) is 15.2. The van der Waals surface area contributed by atoms with Crippen LogP contribution in [0.4, 0.5) is 0 Å². The Balaban J connectivity index is 1.66. The lowest BCUT2D eigenvalue weighted by Crippen LogP contribution is -2.65. The Hall–Kier alpha value is -2.08. The first-order valence-electron chi connectivity index (χ1n) is 9.42. The quantitative estimate of drug-likeness (QED) is 0.780. The summed E-state index contributed by atoms with van der Waals surface area (Å²) in [5.74, 6) is -0.806. The first-order chi connectivity index (χ1) is 12.5. The normalized spacial score (nSPS) is 23.9. The first kappa shape index (κ1) is 18.7. The zero-order valence-electron chi connectivity index (χ0n) is 15.2. The third-order valence-electron chi connectivity index (χ3n) is 5.70. The maximum absolute atomic E-state index is 12.7. The number of hydrogen-bond donors (Lipinski definition) is 2. The van der Waals surface area contributed by atoms with Crippen LogP contribution in [-0.4, -0.2) is 42.3 Å². The minimum atomic E-state index is -1.05. The van der Waals surface area contributed by atoms with Crippen LogP contribution in [-0.2, 0) is 9.53 Å². The lowest BCUT2D eigenvalue weighted by molar-refractivity contribution is -0.146. The fourth-order valence-electron chi connectivity index (χ4n) is 4.38. The molecule has 0 radical (unpaired) electrons. The second-order valence-electron chi connectivity index (χ2n) is 7.21. The molecule has 2 fully saturated rings. The summed E-state index contributed by atoms with van der Waals surface area (Å²) in [7, 11) is 0. The number of amides is 1. The molecule has 0 saturated heterocycles. The molecule has 2 aliphatic carbocycles. The highest BCUT2D eigenvalue weighted by Gasteiger charge is 2.56. The molecule has 1 aromatic rings. The highest BCUT2D eigenvalue weighted by atomic mass is 16.5. The molecule has 2 saturated carbocycles. The molecule has 0 heterocycles. The van der Waals surface area contributed by atoms with Gasteiger partial charge in [0, 0.05) is 23.6 Å². The number of carboxylic acid groups (broad SMARTS) is 1. The summed E-state index contributed by atoms with van der Waals surface area (Å²) < 4.78 is 11.1. The van der Waals surface area contributed by atoms with E-state index >= 15 is 0 Å².